The van der Waals surface area contributed by atoms with Crippen LogP contribution >= 0.6 is 0 Å². The van der Waals surface area contributed by atoms with Crippen LogP contribution in [-0.4, -0.2) is 31.9 Å². The average molecular weight is 316 g/mol. The number of ether oxygens (including phenoxy) is 2. The molecule has 122 valence electrons. The number of aliphatic hydroxyl groups excluding tert-OH is 1. The van der Waals surface area contributed by atoms with Crippen molar-refractivity contribution >= 4 is 11.7 Å². The molecule has 0 fully saturated rings. The van der Waals surface area contributed by atoms with Gasteiger partial charge in [-0.05, 0) is 30.3 Å². The first-order valence-electron chi connectivity index (χ1n) is 7.14. The highest BCUT2D eigenvalue weighted by Crippen LogP contribution is 2.24. The number of benzene rings is 2. The summed E-state index contributed by atoms with van der Waals surface area (Å²) in [5.41, 5.74) is 1.26. The lowest BCUT2D eigenvalue weighted by molar-refractivity contribution is 0.171. The normalized spacial score (nSPS) is 11.4. The maximum Gasteiger partial charge on any atom is 0.319 e. The van der Waals surface area contributed by atoms with Crippen molar-refractivity contribution in [3.05, 3.63) is 54.1 Å². The Labute approximate surface area is 135 Å². The number of carbonyl (C=O) groups is 1. The SMILES string of the molecule is COc1ccc(NC(=O)NC[C@@H](O)c2ccccc2OC)cc1. The second-order valence-electron chi connectivity index (χ2n) is 4.82. The zero-order chi connectivity index (χ0) is 16.7. The van der Waals surface area contributed by atoms with Crippen LogP contribution in [0.2, 0.25) is 0 Å². The van der Waals surface area contributed by atoms with Crippen molar-refractivity contribution < 1.29 is 19.4 Å². The van der Waals surface area contributed by atoms with Crippen LogP contribution in [0.4, 0.5) is 10.5 Å². The smallest absolute Gasteiger partial charge is 0.319 e. The highest BCUT2D eigenvalue weighted by molar-refractivity contribution is 5.89. The van der Waals surface area contributed by atoms with Gasteiger partial charge in [0.2, 0.25) is 0 Å². The zero-order valence-corrected chi connectivity index (χ0v) is 13.1. The molecular weight excluding hydrogens is 296 g/mol. The molecule has 0 aliphatic rings. The van der Waals surface area contributed by atoms with Crippen LogP contribution in [0.5, 0.6) is 11.5 Å². The molecule has 0 unspecified atom stereocenters. The Morgan fingerprint density at radius 3 is 2.43 bits per heavy atom. The number of nitrogens with one attached hydrogen (secondary N) is 2. The van der Waals surface area contributed by atoms with Crippen LogP contribution in [-0.2, 0) is 0 Å². The minimum absolute atomic E-state index is 0.0718. The summed E-state index contributed by atoms with van der Waals surface area (Å²) < 4.78 is 10.2. The third-order valence-electron chi connectivity index (χ3n) is 3.30. The number of aliphatic hydroxyl groups is 1. The van der Waals surface area contributed by atoms with Gasteiger partial charge in [0, 0.05) is 17.8 Å². The molecule has 0 heterocycles. The van der Waals surface area contributed by atoms with Crippen LogP contribution < -0.4 is 20.1 Å². The van der Waals surface area contributed by atoms with Crippen molar-refractivity contribution in [2.45, 2.75) is 6.10 Å². The summed E-state index contributed by atoms with van der Waals surface area (Å²) >= 11 is 0. The van der Waals surface area contributed by atoms with E-state index in [0.29, 0.717) is 22.7 Å². The number of rotatable bonds is 6. The van der Waals surface area contributed by atoms with Crippen molar-refractivity contribution in [3.63, 3.8) is 0 Å². The van der Waals surface area contributed by atoms with E-state index in [1.807, 2.05) is 6.07 Å². The molecular formula is C17H20N2O4. The number of hydrogen-bond acceptors (Lipinski definition) is 4. The molecule has 0 radical (unpaired) electrons. The summed E-state index contributed by atoms with van der Waals surface area (Å²) in [5, 5.41) is 15.5. The van der Waals surface area contributed by atoms with Gasteiger partial charge >= 0.3 is 6.03 Å². The molecule has 0 spiro atoms. The summed E-state index contributed by atoms with van der Waals surface area (Å²) in [7, 11) is 3.11. The number of hydrogen-bond donors (Lipinski definition) is 3. The molecule has 2 aromatic carbocycles. The molecule has 0 aliphatic heterocycles. The van der Waals surface area contributed by atoms with Gasteiger partial charge in [0.05, 0.1) is 20.3 Å². The lowest BCUT2D eigenvalue weighted by atomic mass is 10.1. The second kappa shape index (κ2) is 8.05. The molecule has 1 atom stereocenters. The van der Waals surface area contributed by atoms with E-state index in [4.69, 9.17) is 9.47 Å². The minimum atomic E-state index is -0.854. The van der Waals surface area contributed by atoms with Gasteiger partial charge in [0.1, 0.15) is 11.5 Å². The number of methoxy groups -OCH3 is 2. The Hall–Kier alpha value is -2.73. The highest BCUT2D eigenvalue weighted by Gasteiger charge is 2.13. The van der Waals surface area contributed by atoms with Crippen LogP contribution in [0.3, 0.4) is 0 Å². The number of urea groups is 1. The number of para-hydroxylation sites is 1. The van der Waals surface area contributed by atoms with Crippen molar-refractivity contribution in [1.29, 1.82) is 0 Å². The van der Waals surface area contributed by atoms with Crippen LogP contribution in [0.1, 0.15) is 11.7 Å². The fourth-order valence-electron chi connectivity index (χ4n) is 2.09. The van der Waals surface area contributed by atoms with E-state index in [1.54, 1.807) is 49.6 Å². The number of amides is 2. The van der Waals surface area contributed by atoms with Gasteiger partial charge in [0.15, 0.2) is 0 Å². The Balaban J connectivity index is 1.88. The van der Waals surface area contributed by atoms with Crippen molar-refractivity contribution in [1.82, 2.24) is 5.32 Å². The molecule has 0 saturated heterocycles. The van der Waals surface area contributed by atoms with E-state index < -0.39 is 12.1 Å². The van der Waals surface area contributed by atoms with Crippen molar-refractivity contribution in [2.75, 3.05) is 26.1 Å². The first kappa shape index (κ1) is 16.6. The van der Waals surface area contributed by atoms with E-state index >= 15 is 0 Å². The van der Waals surface area contributed by atoms with Gasteiger partial charge in [0.25, 0.3) is 0 Å². The first-order valence-corrected chi connectivity index (χ1v) is 7.14. The summed E-state index contributed by atoms with van der Waals surface area (Å²) in [5.74, 6) is 1.29. The highest BCUT2D eigenvalue weighted by atomic mass is 16.5. The number of anilines is 1. The predicted molar refractivity (Wildman–Crippen MR) is 88.0 cm³/mol. The second-order valence-corrected chi connectivity index (χ2v) is 4.82. The average Bonchev–Trinajstić information content (AvgIpc) is 2.60. The zero-order valence-electron chi connectivity index (χ0n) is 13.1. The summed E-state index contributed by atoms with van der Waals surface area (Å²) in [4.78, 5) is 11.9. The molecule has 6 nitrogen and oxygen atoms in total. The lowest BCUT2D eigenvalue weighted by Gasteiger charge is -2.15. The Bertz CT molecular complexity index is 643. The van der Waals surface area contributed by atoms with Gasteiger partial charge in [-0.15, -0.1) is 0 Å². The maximum atomic E-state index is 11.9. The molecule has 2 amide bonds. The van der Waals surface area contributed by atoms with Gasteiger partial charge in [-0.3, -0.25) is 0 Å². The molecule has 2 aromatic rings. The van der Waals surface area contributed by atoms with Crippen molar-refractivity contribution in [3.8, 4) is 11.5 Å². The monoisotopic (exact) mass is 316 g/mol. The van der Waals surface area contributed by atoms with Crippen LogP contribution in [0.25, 0.3) is 0 Å². The standard InChI is InChI=1S/C17H20N2O4/c1-22-13-9-7-12(8-10-13)19-17(21)18-11-15(20)14-5-3-4-6-16(14)23-2/h3-10,15,20H,11H2,1-2H3,(H2,18,19,21)/t15-/m1/s1. The quantitative estimate of drug-likeness (QED) is 0.765. The molecule has 0 aliphatic carbocycles. The lowest BCUT2D eigenvalue weighted by Crippen LogP contribution is -2.32. The minimum Gasteiger partial charge on any atom is -0.497 e. The van der Waals surface area contributed by atoms with Gasteiger partial charge in [-0.2, -0.15) is 0 Å². The van der Waals surface area contributed by atoms with Crippen molar-refractivity contribution in [2.24, 2.45) is 0 Å². The fourth-order valence-corrected chi connectivity index (χ4v) is 2.09. The van der Waals surface area contributed by atoms with Gasteiger partial charge < -0.3 is 25.2 Å². The van der Waals surface area contributed by atoms with E-state index in [9.17, 15) is 9.90 Å². The Morgan fingerprint density at radius 1 is 1.09 bits per heavy atom. The molecule has 0 aromatic heterocycles. The molecule has 3 N–H and O–H groups in total. The van der Waals surface area contributed by atoms with Gasteiger partial charge in [-0.1, -0.05) is 18.2 Å². The first-order chi connectivity index (χ1) is 11.1. The van der Waals surface area contributed by atoms with E-state index in [1.165, 1.54) is 7.11 Å². The summed E-state index contributed by atoms with van der Waals surface area (Å²) in [6, 6.07) is 13.7. The molecule has 2 rings (SSSR count). The third kappa shape index (κ3) is 4.62. The van der Waals surface area contributed by atoms with E-state index in [2.05, 4.69) is 10.6 Å². The van der Waals surface area contributed by atoms with E-state index in [0.717, 1.165) is 0 Å². The molecule has 23 heavy (non-hydrogen) atoms. The summed E-state index contributed by atoms with van der Waals surface area (Å²) in [6.45, 7) is 0.0718. The maximum absolute atomic E-state index is 11.9. The molecule has 6 heteroatoms. The fraction of sp³-hybridized carbons (Fsp3) is 0.235. The summed E-state index contributed by atoms with van der Waals surface area (Å²) in [6.07, 6.45) is -0.854. The molecule has 0 saturated carbocycles. The predicted octanol–water partition coefficient (Wildman–Crippen LogP) is 2.56. The third-order valence-corrected chi connectivity index (χ3v) is 3.30. The van der Waals surface area contributed by atoms with E-state index in [-0.39, 0.29) is 6.54 Å². The number of carbonyl (C=O) groups excluding carboxylic acids is 1. The topological polar surface area (TPSA) is 79.8 Å². The van der Waals surface area contributed by atoms with Gasteiger partial charge in [-0.25, -0.2) is 4.79 Å². The van der Waals surface area contributed by atoms with Crippen LogP contribution in [0, 0.1) is 0 Å². The largest absolute Gasteiger partial charge is 0.497 e. The Morgan fingerprint density at radius 2 is 1.78 bits per heavy atom. The molecule has 0 bridgehead atoms. The Kier molecular flexibility index (Phi) is 5.82. The van der Waals surface area contributed by atoms with Crippen LogP contribution in [0.15, 0.2) is 48.5 Å².